The summed E-state index contributed by atoms with van der Waals surface area (Å²) in [5.41, 5.74) is 6.51. The van der Waals surface area contributed by atoms with Crippen LogP contribution in [-0.2, 0) is 0 Å². The number of nitro benzene ring substituents is 1. The third-order valence-electron chi connectivity index (χ3n) is 3.08. The Morgan fingerprint density at radius 1 is 1.47 bits per heavy atom. The molecule has 4 N–H and O–H groups in total. The highest BCUT2D eigenvalue weighted by Gasteiger charge is 2.16. The third kappa shape index (κ3) is 4.50. The lowest BCUT2D eigenvalue weighted by Crippen LogP contribution is -2.29. The van der Waals surface area contributed by atoms with Gasteiger partial charge >= 0.3 is 0 Å². The summed E-state index contributed by atoms with van der Waals surface area (Å²) in [4.78, 5) is 10.4. The molecule has 6 nitrogen and oxygen atoms in total. The van der Waals surface area contributed by atoms with Gasteiger partial charge in [0.25, 0.3) is 5.69 Å². The number of anilines is 1. The monoisotopic (exact) mass is 267 g/mol. The highest BCUT2D eigenvalue weighted by Crippen LogP contribution is 2.25. The molecule has 0 radical (unpaired) electrons. The average Bonchev–Trinajstić information content (AvgIpc) is 2.36. The molecule has 0 saturated carbocycles. The second-order valence-electron chi connectivity index (χ2n) is 4.73. The molecule has 2 atom stereocenters. The van der Waals surface area contributed by atoms with E-state index >= 15 is 0 Å². The first-order valence-corrected chi connectivity index (χ1v) is 6.36. The maximum atomic E-state index is 10.8. The molecule has 106 valence electrons. The zero-order chi connectivity index (χ0) is 14.4. The molecule has 0 aliphatic carbocycles. The van der Waals surface area contributed by atoms with Crippen molar-refractivity contribution in [3.8, 4) is 0 Å². The highest BCUT2D eigenvalue weighted by molar-refractivity contribution is 5.59. The summed E-state index contributed by atoms with van der Waals surface area (Å²) >= 11 is 0. The molecule has 0 spiro atoms. The smallest absolute Gasteiger partial charge is 0.292 e. The summed E-state index contributed by atoms with van der Waals surface area (Å²) in [6.07, 6.45) is 1.60. The second kappa shape index (κ2) is 7.06. The van der Waals surface area contributed by atoms with Gasteiger partial charge in [-0.15, -0.1) is 0 Å². The van der Waals surface area contributed by atoms with E-state index < -0.39 is 4.92 Å². The van der Waals surface area contributed by atoms with Gasteiger partial charge < -0.3 is 16.2 Å². The maximum absolute atomic E-state index is 10.8. The van der Waals surface area contributed by atoms with Gasteiger partial charge in [0.15, 0.2) is 0 Å². The van der Waals surface area contributed by atoms with Gasteiger partial charge in [-0.1, -0.05) is 6.07 Å². The summed E-state index contributed by atoms with van der Waals surface area (Å²) in [7, 11) is 0. The van der Waals surface area contributed by atoms with Crippen LogP contribution in [0.15, 0.2) is 18.2 Å². The van der Waals surface area contributed by atoms with Crippen LogP contribution in [-0.4, -0.2) is 22.7 Å². The highest BCUT2D eigenvalue weighted by atomic mass is 16.6. The molecule has 6 heteroatoms. The Balaban J connectivity index is 2.74. The van der Waals surface area contributed by atoms with Crippen LogP contribution in [0.3, 0.4) is 0 Å². The predicted molar refractivity (Wildman–Crippen MR) is 74.8 cm³/mol. The van der Waals surface area contributed by atoms with E-state index in [1.54, 1.807) is 12.1 Å². The molecule has 0 heterocycles. The van der Waals surface area contributed by atoms with Crippen LogP contribution in [0.4, 0.5) is 11.4 Å². The molecular formula is C13H21N3O3. The predicted octanol–water partition coefficient (Wildman–Crippen LogP) is 1.99. The first-order chi connectivity index (χ1) is 8.95. The molecule has 1 rings (SSSR count). The largest absolute Gasteiger partial charge is 0.396 e. The van der Waals surface area contributed by atoms with Gasteiger partial charge in [0.1, 0.15) is 5.69 Å². The van der Waals surface area contributed by atoms with E-state index in [1.807, 2.05) is 13.8 Å². The Kier molecular flexibility index (Phi) is 5.72. The van der Waals surface area contributed by atoms with Crippen molar-refractivity contribution in [2.75, 3.05) is 12.3 Å². The van der Waals surface area contributed by atoms with E-state index in [1.165, 1.54) is 6.07 Å². The molecule has 0 aromatic heterocycles. The summed E-state index contributed by atoms with van der Waals surface area (Å²) < 4.78 is 0. The molecule has 0 unspecified atom stereocenters. The zero-order valence-corrected chi connectivity index (χ0v) is 11.3. The topological polar surface area (TPSA) is 101 Å². The molecule has 19 heavy (non-hydrogen) atoms. The minimum absolute atomic E-state index is 0.00649. The van der Waals surface area contributed by atoms with Crippen molar-refractivity contribution in [2.45, 2.75) is 38.8 Å². The molecule has 0 bridgehead atoms. The fourth-order valence-electron chi connectivity index (χ4n) is 1.99. The normalized spacial score (nSPS) is 14.1. The summed E-state index contributed by atoms with van der Waals surface area (Å²) in [5, 5.41) is 23.0. The van der Waals surface area contributed by atoms with Crippen molar-refractivity contribution >= 4 is 11.4 Å². The van der Waals surface area contributed by atoms with Gasteiger partial charge in [-0.3, -0.25) is 10.1 Å². The fraction of sp³-hybridized carbons (Fsp3) is 0.538. The number of nitrogens with two attached hydrogens (primary N) is 1. The van der Waals surface area contributed by atoms with Crippen LogP contribution >= 0.6 is 0 Å². The van der Waals surface area contributed by atoms with Crippen LogP contribution in [0.5, 0.6) is 0 Å². The standard InChI is InChI=1S/C13H21N3O3/c1-9(4-3-7-17)15-10(2)11-5-6-12(14)13(8-11)16(18)19/h5-6,8-10,15,17H,3-4,7,14H2,1-2H3/t9-,10-/m0/s1. The Bertz CT molecular complexity index is 437. The number of aliphatic hydroxyl groups excluding tert-OH is 1. The summed E-state index contributed by atoms with van der Waals surface area (Å²) in [6.45, 7) is 4.15. The SMILES string of the molecule is C[C@H](N[C@@H](C)CCCO)c1ccc(N)c([N+](=O)[O-])c1. The number of nitrogens with zero attached hydrogens (tertiary/aromatic N) is 1. The Hall–Kier alpha value is -1.66. The Labute approximate surface area is 112 Å². The number of nitrogens with one attached hydrogen (secondary N) is 1. The fourth-order valence-corrected chi connectivity index (χ4v) is 1.99. The van der Waals surface area contributed by atoms with Gasteiger partial charge in [-0.2, -0.15) is 0 Å². The van der Waals surface area contributed by atoms with Crippen molar-refractivity contribution in [1.82, 2.24) is 5.32 Å². The number of hydrogen-bond acceptors (Lipinski definition) is 5. The molecule has 1 aromatic rings. The summed E-state index contributed by atoms with van der Waals surface area (Å²) in [5.74, 6) is 0. The van der Waals surface area contributed by atoms with E-state index in [4.69, 9.17) is 10.8 Å². The molecule has 0 aliphatic heterocycles. The van der Waals surface area contributed by atoms with Crippen molar-refractivity contribution in [3.05, 3.63) is 33.9 Å². The zero-order valence-electron chi connectivity index (χ0n) is 11.3. The lowest BCUT2D eigenvalue weighted by atomic mass is 10.0. The van der Waals surface area contributed by atoms with Crippen molar-refractivity contribution < 1.29 is 10.0 Å². The van der Waals surface area contributed by atoms with Crippen LogP contribution in [0.2, 0.25) is 0 Å². The third-order valence-corrected chi connectivity index (χ3v) is 3.08. The molecule has 0 fully saturated rings. The number of benzene rings is 1. The number of nitro groups is 1. The van der Waals surface area contributed by atoms with Crippen molar-refractivity contribution in [1.29, 1.82) is 0 Å². The minimum atomic E-state index is -0.471. The van der Waals surface area contributed by atoms with Crippen LogP contribution in [0.25, 0.3) is 0 Å². The lowest BCUT2D eigenvalue weighted by molar-refractivity contribution is -0.384. The Morgan fingerprint density at radius 3 is 2.74 bits per heavy atom. The number of hydrogen-bond donors (Lipinski definition) is 3. The van der Waals surface area contributed by atoms with Crippen LogP contribution in [0, 0.1) is 10.1 Å². The van der Waals surface area contributed by atoms with Crippen LogP contribution < -0.4 is 11.1 Å². The number of aliphatic hydroxyl groups is 1. The van der Waals surface area contributed by atoms with E-state index in [0.717, 1.165) is 18.4 Å². The number of rotatable bonds is 7. The van der Waals surface area contributed by atoms with Gasteiger partial charge in [0.2, 0.25) is 0 Å². The molecular weight excluding hydrogens is 246 g/mol. The first kappa shape index (κ1) is 15.4. The summed E-state index contributed by atoms with van der Waals surface area (Å²) in [6, 6.07) is 5.08. The second-order valence-corrected chi connectivity index (χ2v) is 4.73. The first-order valence-electron chi connectivity index (χ1n) is 6.36. The van der Waals surface area contributed by atoms with E-state index in [0.29, 0.717) is 0 Å². The molecule has 1 aromatic carbocycles. The van der Waals surface area contributed by atoms with Gasteiger partial charge in [0.05, 0.1) is 4.92 Å². The lowest BCUT2D eigenvalue weighted by Gasteiger charge is -2.20. The quantitative estimate of drug-likeness (QED) is 0.398. The van der Waals surface area contributed by atoms with Gasteiger partial charge in [-0.25, -0.2) is 0 Å². The van der Waals surface area contributed by atoms with Gasteiger partial charge in [-0.05, 0) is 38.3 Å². The number of nitrogen functional groups attached to an aromatic ring is 1. The van der Waals surface area contributed by atoms with Crippen molar-refractivity contribution in [2.24, 2.45) is 0 Å². The molecule has 0 amide bonds. The van der Waals surface area contributed by atoms with E-state index in [9.17, 15) is 10.1 Å². The molecule has 0 aliphatic rings. The maximum Gasteiger partial charge on any atom is 0.292 e. The minimum Gasteiger partial charge on any atom is -0.396 e. The van der Waals surface area contributed by atoms with E-state index in [2.05, 4.69) is 5.32 Å². The van der Waals surface area contributed by atoms with Crippen molar-refractivity contribution in [3.63, 3.8) is 0 Å². The van der Waals surface area contributed by atoms with Crippen LogP contribution in [0.1, 0.15) is 38.3 Å². The van der Waals surface area contributed by atoms with Gasteiger partial charge in [0, 0.05) is 24.8 Å². The average molecular weight is 267 g/mol. The van der Waals surface area contributed by atoms with E-state index in [-0.39, 0.29) is 30.1 Å². The Morgan fingerprint density at radius 2 is 2.16 bits per heavy atom. The molecule has 0 saturated heterocycles.